The molecule has 0 radical (unpaired) electrons. The Morgan fingerprint density at radius 3 is 2.86 bits per heavy atom. The Labute approximate surface area is 83.5 Å². The van der Waals surface area contributed by atoms with Gasteiger partial charge >= 0.3 is 0 Å². The monoisotopic (exact) mass is 190 g/mol. The zero-order chi connectivity index (χ0) is 9.76. The minimum Gasteiger partial charge on any atom is -0.497 e. The Morgan fingerprint density at radius 1 is 1.43 bits per heavy atom. The Bertz CT molecular complexity index is 380. The van der Waals surface area contributed by atoms with E-state index in [0.29, 0.717) is 0 Å². The van der Waals surface area contributed by atoms with Gasteiger partial charge < -0.3 is 9.84 Å². The van der Waals surface area contributed by atoms with E-state index in [4.69, 9.17) is 4.74 Å². The Hall–Kier alpha value is -1.02. The second-order valence-electron chi connectivity index (χ2n) is 4.51. The number of hydrogen-bond donors (Lipinski definition) is 1. The van der Waals surface area contributed by atoms with Crippen LogP contribution in [0.15, 0.2) is 18.2 Å². The maximum absolute atomic E-state index is 10.1. The van der Waals surface area contributed by atoms with E-state index in [1.54, 1.807) is 7.11 Å². The van der Waals surface area contributed by atoms with Crippen molar-refractivity contribution in [2.24, 2.45) is 5.41 Å². The molecule has 1 aromatic carbocycles. The maximum Gasteiger partial charge on any atom is 0.119 e. The molecule has 1 saturated carbocycles. The molecule has 74 valence electrons. The Balaban J connectivity index is 2.06. The molecule has 0 aliphatic heterocycles. The third kappa shape index (κ3) is 0.947. The van der Waals surface area contributed by atoms with E-state index < -0.39 is 0 Å². The summed E-state index contributed by atoms with van der Waals surface area (Å²) in [5.41, 5.74) is 2.59. The molecule has 2 aliphatic rings. The lowest BCUT2D eigenvalue weighted by Crippen LogP contribution is -2.06. The molecule has 0 saturated heterocycles. The molecule has 2 nitrogen and oxygen atoms in total. The zero-order valence-corrected chi connectivity index (χ0v) is 8.29. The van der Waals surface area contributed by atoms with E-state index in [9.17, 15) is 5.11 Å². The molecular weight excluding hydrogens is 176 g/mol. The number of fused-ring (bicyclic) bond motifs is 1. The summed E-state index contributed by atoms with van der Waals surface area (Å²) >= 11 is 0. The highest BCUT2D eigenvalue weighted by molar-refractivity contribution is 5.44. The second kappa shape index (κ2) is 2.51. The first-order valence-corrected chi connectivity index (χ1v) is 5.10. The van der Waals surface area contributed by atoms with E-state index >= 15 is 0 Å². The number of methoxy groups -OCH3 is 1. The van der Waals surface area contributed by atoms with Gasteiger partial charge in [0.25, 0.3) is 0 Å². The molecule has 1 N–H and O–H groups in total. The Morgan fingerprint density at radius 2 is 2.21 bits per heavy atom. The van der Waals surface area contributed by atoms with Gasteiger partial charge in [-0.05, 0) is 42.5 Å². The number of hydrogen-bond acceptors (Lipinski definition) is 2. The quantitative estimate of drug-likeness (QED) is 0.734. The molecule has 3 rings (SSSR count). The normalized spacial score (nSPS) is 26.3. The predicted octanol–water partition coefficient (Wildman–Crippen LogP) is 2.06. The lowest BCUT2D eigenvalue weighted by Gasteiger charge is -2.12. The summed E-state index contributed by atoms with van der Waals surface area (Å²) in [4.78, 5) is 0. The molecule has 0 bridgehead atoms. The molecule has 2 heteroatoms. The van der Waals surface area contributed by atoms with Crippen molar-refractivity contribution in [1.29, 1.82) is 0 Å². The molecule has 0 amide bonds. The summed E-state index contributed by atoms with van der Waals surface area (Å²) in [6.45, 7) is 0. The van der Waals surface area contributed by atoms with Crippen LogP contribution in [0.5, 0.6) is 5.75 Å². The number of benzene rings is 1. The first kappa shape index (κ1) is 8.30. The number of aliphatic hydroxyl groups is 1. The van der Waals surface area contributed by atoms with Crippen molar-refractivity contribution in [3.05, 3.63) is 29.3 Å². The van der Waals surface area contributed by atoms with Gasteiger partial charge in [-0.3, -0.25) is 0 Å². The lowest BCUT2D eigenvalue weighted by atomic mass is 10.0. The van der Waals surface area contributed by atoms with E-state index in [1.165, 1.54) is 18.4 Å². The molecule has 1 atom stereocenters. The molecule has 0 aromatic heterocycles. The van der Waals surface area contributed by atoms with Crippen LogP contribution >= 0.6 is 0 Å². The smallest absolute Gasteiger partial charge is 0.119 e. The third-order valence-corrected chi connectivity index (χ3v) is 3.66. The fraction of sp³-hybridized carbons (Fsp3) is 0.500. The lowest BCUT2D eigenvalue weighted by molar-refractivity contribution is 0.109. The minimum atomic E-state index is -0.257. The second-order valence-corrected chi connectivity index (χ2v) is 4.51. The van der Waals surface area contributed by atoms with Crippen LogP contribution < -0.4 is 4.74 Å². The molecule has 1 spiro atoms. The fourth-order valence-corrected chi connectivity index (χ4v) is 2.53. The summed E-state index contributed by atoms with van der Waals surface area (Å²) in [5, 5.41) is 10.1. The van der Waals surface area contributed by atoms with Gasteiger partial charge in [0, 0.05) is 5.41 Å². The summed E-state index contributed by atoms with van der Waals surface area (Å²) in [7, 11) is 1.66. The van der Waals surface area contributed by atoms with E-state index in [1.807, 2.05) is 12.1 Å². The first-order chi connectivity index (χ1) is 6.75. The molecule has 14 heavy (non-hydrogen) atoms. The van der Waals surface area contributed by atoms with Gasteiger partial charge in [-0.25, -0.2) is 0 Å². The van der Waals surface area contributed by atoms with Crippen LogP contribution in [0.25, 0.3) is 0 Å². The average molecular weight is 190 g/mol. The van der Waals surface area contributed by atoms with Gasteiger partial charge in [0.15, 0.2) is 0 Å². The molecule has 2 aliphatic carbocycles. The van der Waals surface area contributed by atoms with Crippen LogP contribution in [0, 0.1) is 5.41 Å². The van der Waals surface area contributed by atoms with Crippen LogP contribution in [-0.2, 0) is 6.42 Å². The van der Waals surface area contributed by atoms with Crippen LogP contribution in [-0.4, -0.2) is 12.2 Å². The largest absolute Gasteiger partial charge is 0.497 e. The summed E-state index contributed by atoms with van der Waals surface area (Å²) in [6, 6.07) is 6.05. The van der Waals surface area contributed by atoms with E-state index in [0.717, 1.165) is 17.7 Å². The molecule has 1 unspecified atom stereocenters. The number of aliphatic hydroxyl groups excluding tert-OH is 1. The highest BCUT2D eigenvalue weighted by Gasteiger charge is 2.53. The average Bonchev–Trinajstić information content (AvgIpc) is 2.92. The van der Waals surface area contributed by atoms with Crippen molar-refractivity contribution < 1.29 is 9.84 Å². The fourth-order valence-electron chi connectivity index (χ4n) is 2.53. The van der Waals surface area contributed by atoms with E-state index in [-0.39, 0.29) is 11.5 Å². The summed E-state index contributed by atoms with van der Waals surface area (Å²) < 4.78 is 5.17. The van der Waals surface area contributed by atoms with Crippen molar-refractivity contribution in [1.82, 2.24) is 0 Å². The van der Waals surface area contributed by atoms with Crippen LogP contribution in [0.1, 0.15) is 30.1 Å². The SMILES string of the molecule is COc1ccc2c(c1)C(O)C1(CC1)C2. The summed E-state index contributed by atoms with van der Waals surface area (Å²) in [5.74, 6) is 0.848. The zero-order valence-electron chi connectivity index (χ0n) is 8.29. The Kier molecular flexibility index (Phi) is 1.49. The van der Waals surface area contributed by atoms with Crippen molar-refractivity contribution in [2.75, 3.05) is 7.11 Å². The van der Waals surface area contributed by atoms with Gasteiger partial charge in [0.05, 0.1) is 13.2 Å². The molecule has 1 aromatic rings. The van der Waals surface area contributed by atoms with Crippen LogP contribution in [0.2, 0.25) is 0 Å². The van der Waals surface area contributed by atoms with Crippen molar-refractivity contribution in [3.8, 4) is 5.75 Å². The van der Waals surface area contributed by atoms with Gasteiger partial charge in [-0.1, -0.05) is 6.07 Å². The predicted molar refractivity (Wildman–Crippen MR) is 53.3 cm³/mol. The number of rotatable bonds is 1. The summed E-state index contributed by atoms with van der Waals surface area (Å²) in [6.07, 6.45) is 3.14. The van der Waals surface area contributed by atoms with Crippen molar-refractivity contribution in [2.45, 2.75) is 25.4 Å². The highest BCUT2D eigenvalue weighted by Crippen LogP contribution is 2.62. The maximum atomic E-state index is 10.1. The van der Waals surface area contributed by atoms with Crippen LogP contribution in [0.4, 0.5) is 0 Å². The first-order valence-electron chi connectivity index (χ1n) is 5.10. The van der Waals surface area contributed by atoms with Gasteiger partial charge in [0.2, 0.25) is 0 Å². The molecule has 1 fully saturated rings. The minimum absolute atomic E-state index is 0.203. The molecular formula is C12H14O2. The third-order valence-electron chi connectivity index (χ3n) is 3.66. The van der Waals surface area contributed by atoms with Crippen molar-refractivity contribution in [3.63, 3.8) is 0 Å². The van der Waals surface area contributed by atoms with Gasteiger partial charge in [-0.15, -0.1) is 0 Å². The standard InChI is InChI=1S/C12H14O2/c1-14-9-3-2-8-7-12(4-5-12)11(13)10(8)6-9/h2-3,6,11,13H,4-5,7H2,1H3. The highest BCUT2D eigenvalue weighted by atomic mass is 16.5. The van der Waals surface area contributed by atoms with Crippen LogP contribution in [0.3, 0.4) is 0 Å². The number of ether oxygens (including phenoxy) is 1. The topological polar surface area (TPSA) is 29.5 Å². The van der Waals surface area contributed by atoms with Crippen molar-refractivity contribution >= 4 is 0 Å². The van der Waals surface area contributed by atoms with E-state index in [2.05, 4.69) is 6.07 Å². The molecule has 0 heterocycles. The van der Waals surface area contributed by atoms with Gasteiger partial charge in [-0.2, -0.15) is 0 Å². The van der Waals surface area contributed by atoms with Gasteiger partial charge in [0.1, 0.15) is 5.75 Å².